The molecule has 0 atom stereocenters. The maximum absolute atomic E-state index is 6.20. The Hall–Kier alpha value is -1.18. The third-order valence-electron chi connectivity index (χ3n) is 3.16. The van der Waals surface area contributed by atoms with Gasteiger partial charge in [0.25, 0.3) is 0 Å². The van der Waals surface area contributed by atoms with Gasteiger partial charge < -0.3 is 4.90 Å². The van der Waals surface area contributed by atoms with Gasteiger partial charge in [-0.15, -0.1) is 11.6 Å². The van der Waals surface area contributed by atoms with Crippen molar-refractivity contribution in [3.63, 3.8) is 0 Å². The summed E-state index contributed by atoms with van der Waals surface area (Å²) < 4.78 is 0. The van der Waals surface area contributed by atoms with Crippen molar-refractivity contribution in [2.75, 3.05) is 11.9 Å². The highest BCUT2D eigenvalue weighted by molar-refractivity contribution is 6.31. The maximum Gasteiger partial charge on any atom is 0.0494 e. The summed E-state index contributed by atoms with van der Waals surface area (Å²) in [5.41, 5.74) is 4.65. The van der Waals surface area contributed by atoms with Crippen molar-refractivity contribution in [3.8, 4) is 0 Å². The Morgan fingerprint density at radius 1 is 1.05 bits per heavy atom. The molecule has 0 aliphatic carbocycles. The van der Waals surface area contributed by atoms with Crippen molar-refractivity contribution in [1.82, 2.24) is 0 Å². The molecule has 19 heavy (non-hydrogen) atoms. The first-order valence-electron chi connectivity index (χ1n) is 6.22. The highest BCUT2D eigenvalue weighted by Crippen LogP contribution is 2.25. The third kappa shape index (κ3) is 3.43. The van der Waals surface area contributed by atoms with Crippen LogP contribution in [0.3, 0.4) is 0 Å². The Bertz CT molecular complexity index is 566. The van der Waals surface area contributed by atoms with Crippen LogP contribution in [0.1, 0.15) is 16.7 Å². The lowest BCUT2D eigenvalue weighted by atomic mass is 10.1. The second-order valence-electron chi connectivity index (χ2n) is 4.71. The van der Waals surface area contributed by atoms with Crippen LogP contribution < -0.4 is 4.90 Å². The van der Waals surface area contributed by atoms with Crippen LogP contribution in [0.5, 0.6) is 0 Å². The summed E-state index contributed by atoms with van der Waals surface area (Å²) in [4.78, 5) is 2.18. The summed E-state index contributed by atoms with van der Waals surface area (Å²) in [6, 6.07) is 14.3. The van der Waals surface area contributed by atoms with Gasteiger partial charge in [0.05, 0.1) is 0 Å². The Morgan fingerprint density at radius 3 is 2.47 bits per heavy atom. The summed E-state index contributed by atoms with van der Waals surface area (Å²) >= 11 is 12.2. The lowest BCUT2D eigenvalue weighted by molar-refractivity contribution is 0.915. The van der Waals surface area contributed by atoms with Crippen LogP contribution in [0.4, 0.5) is 5.69 Å². The Kier molecular flexibility index (Phi) is 4.73. The van der Waals surface area contributed by atoms with Crippen LogP contribution in [-0.4, -0.2) is 7.05 Å². The number of hydrogen-bond acceptors (Lipinski definition) is 1. The van der Waals surface area contributed by atoms with Crippen LogP contribution in [-0.2, 0) is 12.4 Å². The zero-order valence-electron chi connectivity index (χ0n) is 11.2. The molecule has 0 saturated carbocycles. The molecule has 2 rings (SSSR count). The van der Waals surface area contributed by atoms with Gasteiger partial charge in [-0.1, -0.05) is 47.5 Å². The number of nitrogens with zero attached hydrogens (tertiary/aromatic N) is 1. The highest BCUT2D eigenvalue weighted by Gasteiger charge is 2.09. The summed E-state index contributed by atoms with van der Waals surface area (Å²) in [6.45, 7) is 2.85. The summed E-state index contributed by atoms with van der Waals surface area (Å²) in [5.74, 6) is 0.518. The van der Waals surface area contributed by atoms with Gasteiger partial charge in [-0.25, -0.2) is 0 Å². The quantitative estimate of drug-likeness (QED) is 0.715. The molecule has 1 nitrogen and oxygen atoms in total. The molecule has 0 fully saturated rings. The van der Waals surface area contributed by atoms with E-state index in [1.54, 1.807) is 0 Å². The standard InChI is InChI=1S/C16H17Cl2N/c1-12-7-8-16(14(9-12)10-17)19(2)11-13-5-3-4-6-15(13)18/h3-9H,10-11H2,1-2H3. The average molecular weight is 294 g/mol. The molecular formula is C16H17Cl2N. The second kappa shape index (κ2) is 6.31. The summed E-state index contributed by atoms with van der Waals surface area (Å²) in [5, 5.41) is 0.800. The molecule has 2 aromatic rings. The van der Waals surface area contributed by atoms with Crippen molar-refractivity contribution in [2.45, 2.75) is 19.3 Å². The van der Waals surface area contributed by atoms with Crippen LogP contribution in [0.2, 0.25) is 5.02 Å². The van der Waals surface area contributed by atoms with E-state index in [-0.39, 0.29) is 0 Å². The predicted molar refractivity (Wildman–Crippen MR) is 84.3 cm³/mol. The molecule has 0 amide bonds. The summed E-state index contributed by atoms with van der Waals surface area (Å²) in [6.07, 6.45) is 0. The van der Waals surface area contributed by atoms with Gasteiger partial charge in [-0.3, -0.25) is 0 Å². The van der Waals surface area contributed by atoms with Crippen molar-refractivity contribution in [1.29, 1.82) is 0 Å². The van der Waals surface area contributed by atoms with Gasteiger partial charge in [0.1, 0.15) is 0 Å². The number of rotatable bonds is 4. The molecule has 0 N–H and O–H groups in total. The maximum atomic E-state index is 6.20. The molecule has 0 spiro atoms. The van der Waals surface area contributed by atoms with E-state index in [9.17, 15) is 0 Å². The van der Waals surface area contributed by atoms with Gasteiger partial charge in [0.15, 0.2) is 0 Å². The van der Waals surface area contributed by atoms with E-state index in [1.807, 2.05) is 24.3 Å². The van der Waals surface area contributed by atoms with Crippen LogP contribution in [0.15, 0.2) is 42.5 Å². The smallest absolute Gasteiger partial charge is 0.0494 e. The molecular weight excluding hydrogens is 277 g/mol. The molecule has 0 saturated heterocycles. The number of hydrogen-bond donors (Lipinski definition) is 0. The van der Waals surface area contributed by atoms with Crippen LogP contribution in [0, 0.1) is 6.92 Å². The number of aryl methyl sites for hydroxylation is 1. The van der Waals surface area contributed by atoms with E-state index >= 15 is 0 Å². The van der Waals surface area contributed by atoms with Gasteiger partial charge in [-0.2, -0.15) is 0 Å². The number of alkyl halides is 1. The van der Waals surface area contributed by atoms with Gasteiger partial charge in [-0.05, 0) is 30.2 Å². The van der Waals surface area contributed by atoms with Crippen molar-refractivity contribution >= 4 is 28.9 Å². The zero-order chi connectivity index (χ0) is 13.8. The number of halogens is 2. The predicted octanol–water partition coefficient (Wildman–Crippen LogP) is 5.02. The van der Waals surface area contributed by atoms with Crippen molar-refractivity contribution in [2.24, 2.45) is 0 Å². The van der Waals surface area contributed by atoms with Crippen LogP contribution >= 0.6 is 23.2 Å². The molecule has 0 heterocycles. The first-order valence-corrected chi connectivity index (χ1v) is 7.13. The van der Waals surface area contributed by atoms with E-state index in [0.29, 0.717) is 5.88 Å². The molecule has 100 valence electrons. The average Bonchev–Trinajstić information content (AvgIpc) is 2.41. The minimum absolute atomic E-state index is 0.518. The third-order valence-corrected chi connectivity index (χ3v) is 3.81. The van der Waals surface area contributed by atoms with E-state index in [0.717, 1.165) is 28.4 Å². The van der Waals surface area contributed by atoms with E-state index in [4.69, 9.17) is 23.2 Å². The van der Waals surface area contributed by atoms with Gasteiger partial charge >= 0.3 is 0 Å². The second-order valence-corrected chi connectivity index (χ2v) is 5.39. The molecule has 3 heteroatoms. The Balaban J connectivity index is 2.25. The number of benzene rings is 2. The fourth-order valence-corrected chi connectivity index (χ4v) is 2.57. The Labute approximate surface area is 124 Å². The monoisotopic (exact) mass is 293 g/mol. The fraction of sp³-hybridized carbons (Fsp3) is 0.250. The van der Waals surface area contributed by atoms with Gasteiger partial charge in [0, 0.05) is 30.2 Å². The zero-order valence-corrected chi connectivity index (χ0v) is 12.7. The highest BCUT2D eigenvalue weighted by atomic mass is 35.5. The minimum Gasteiger partial charge on any atom is -0.370 e. The molecule has 0 aromatic heterocycles. The minimum atomic E-state index is 0.518. The largest absolute Gasteiger partial charge is 0.370 e. The molecule has 0 unspecified atom stereocenters. The molecule has 0 aliphatic rings. The van der Waals surface area contributed by atoms with E-state index < -0.39 is 0 Å². The first kappa shape index (κ1) is 14.2. The van der Waals surface area contributed by atoms with E-state index in [2.05, 4.69) is 37.1 Å². The molecule has 0 aliphatic heterocycles. The van der Waals surface area contributed by atoms with Crippen molar-refractivity contribution in [3.05, 3.63) is 64.2 Å². The van der Waals surface area contributed by atoms with Crippen LogP contribution in [0.25, 0.3) is 0 Å². The molecule has 2 aromatic carbocycles. The van der Waals surface area contributed by atoms with Gasteiger partial charge in [0.2, 0.25) is 0 Å². The van der Waals surface area contributed by atoms with E-state index in [1.165, 1.54) is 5.56 Å². The molecule has 0 radical (unpaired) electrons. The topological polar surface area (TPSA) is 3.24 Å². The summed E-state index contributed by atoms with van der Waals surface area (Å²) in [7, 11) is 2.06. The molecule has 0 bridgehead atoms. The Morgan fingerprint density at radius 2 is 1.79 bits per heavy atom. The SMILES string of the molecule is Cc1ccc(N(C)Cc2ccccc2Cl)c(CCl)c1. The van der Waals surface area contributed by atoms with Crippen molar-refractivity contribution < 1.29 is 0 Å². The lowest BCUT2D eigenvalue weighted by Crippen LogP contribution is -2.18. The first-order chi connectivity index (χ1) is 9.11. The fourth-order valence-electron chi connectivity index (χ4n) is 2.16. The normalized spacial score (nSPS) is 10.5. The number of anilines is 1. The lowest BCUT2D eigenvalue weighted by Gasteiger charge is -2.23.